The average molecular weight is 469 g/mol. The number of imide groups is 1. The first-order valence-corrected chi connectivity index (χ1v) is 12.3. The average Bonchev–Trinajstić information content (AvgIpc) is 3.20. The predicted octanol–water partition coefficient (Wildman–Crippen LogP) is 3.55. The normalized spacial score (nSPS) is 20.4. The highest BCUT2D eigenvalue weighted by molar-refractivity contribution is 6.11. The predicted molar refractivity (Wildman–Crippen MR) is 133 cm³/mol. The fourth-order valence-electron chi connectivity index (χ4n) is 5.46. The topological polar surface area (TPSA) is 84.3 Å². The van der Waals surface area contributed by atoms with Crippen molar-refractivity contribution in [2.45, 2.75) is 38.6 Å². The third-order valence-electron chi connectivity index (χ3n) is 7.58. The first-order chi connectivity index (χ1) is 17.0. The van der Waals surface area contributed by atoms with Crippen molar-refractivity contribution >= 4 is 28.6 Å². The molecule has 1 atom stereocenters. The van der Waals surface area contributed by atoms with Gasteiger partial charge >= 0.3 is 0 Å². The molecule has 0 spiro atoms. The number of pyridine rings is 1. The van der Waals surface area contributed by atoms with Crippen molar-refractivity contribution in [2.75, 3.05) is 13.1 Å². The lowest BCUT2D eigenvalue weighted by Crippen LogP contribution is -2.41. The van der Waals surface area contributed by atoms with E-state index < -0.39 is 0 Å². The Bertz CT molecular complexity index is 1410. The Morgan fingerprint density at radius 3 is 2.74 bits per heavy atom. The molecule has 2 amide bonds. The molecule has 2 saturated heterocycles. The van der Waals surface area contributed by atoms with Crippen LogP contribution in [0.2, 0.25) is 0 Å². The first kappa shape index (κ1) is 21.9. The van der Waals surface area contributed by atoms with Gasteiger partial charge in [0, 0.05) is 43.3 Å². The second kappa shape index (κ2) is 8.57. The van der Waals surface area contributed by atoms with Crippen molar-refractivity contribution in [3.05, 3.63) is 64.9 Å². The minimum atomic E-state index is -0.324. The van der Waals surface area contributed by atoms with E-state index in [1.165, 1.54) is 17.5 Å². The number of nitrogens with zero attached hydrogens (tertiary/aromatic N) is 3. The van der Waals surface area contributed by atoms with Crippen molar-refractivity contribution < 1.29 is 14.4 Å². The lowest BCUT2D eigenvalue weighted by molar-refractivity contribution is -0.136. The van der Waals surface area contributed by atoms with Crippen LogP contribution in [0, 0.1) is 5.92 Å². The smallest absolute Gasteiger partial charge is 0.230 e. The lowest BCUT2D eigenvalue weighted by atomic mass is 9.83. The molecule has 1 unspecified atom stereocenters. The van der Waals surface area contributed by atoms with Gasteiger partial charge in [0.25, 0.3) is 0 Å². The fraction of sp³-hybridized carbons (Fsp3) is 0.357. The van der Waals surface area contributed by atoms with E-state index in [4.69, 9.17) is 4.98 Å². The molecule has 4 heterocycles. The molecule has 0 radical (unpaired) electrons. The Kier molecular flexibility index (Phi) is 5.37. The maximum atomic E-state index is 13.2. The van der Waals surface area contributed by atoms with Crippen LogP contribution in [0.15, 0.2) is 48.2 Å². The third-order valence-corrected chi connectivity index (χ3v) is 7.58. The molecule has 2 fully saturated rings. The van der Waals surface area contributed by atoms with E-state index in [-0.39, 0.29) is 23.5 Å². The number of aryl methyl sites for hydroxylation is 1. The summed E-state index contributed by atoms with van der Waals surface area (Å²) in [5.74, 6) is -0.848. The van der Waals surface area contributed by atoms with Crippen LogP contribution in [0.4, 0.5) is 0 Å². The molecule has 7 nitrogen and oxygen atoms in total. The Hall–Kier alpha value is -3.58. The van der Waals surface area contributed by atoms with Crippen molar-refractivity contribution in [1.82, 2.24) is 19.8 Å². The highest BCUT2D eigenvalue weighted by atomic mass is 16.2. The number of hydrogen-bond acceptors (Lipinski definition) is 5. The van der Waals surface area contributed by atoms with Crippen LogP contribution in [0.1, 0.15) is 47.2 Å². The van der Waals surface area contributed by atoms with Crippen molar-refractivity contribution in [3.8, 4) is 11.3 Å². The number of aromatic nitrogens is 2. The molecule has 1 aliphatic carbocycles. The van der Waals surface area contributed by atoms with Crippen LogP contribution in [-0.4, -0.2) is 45.1 Å². The second-order valence-corrected chi connectivity index (χ2v) is 9.94. The van der Waals surface area contributed by atoms with Gasteiger partial charge in [-0.3, -0.25) is 24.6 Å². The van der Waals surface area contributed by atoms with Crippen LogP contribution in [-0.2, 0) is 29.6 Å². The molecule has 7 heteroatoms. The van der Waals surface area contributed by atoms with E-state index in [0.717, 1.165) is 42.0 Å². The molecule has 0 saturated carbocycles. The molecule has 3 aliphatic rings. The van der Waals surface area contributed by atoms with E-state index in [1.807, 2.05) is 18.2 Å². The van der Waals surface area contributed by atoms with Gasteiger partial charge < -0.3 is 4.57 Å². The standard InChI is InChI=1S/C28H28N4O3/c1-31-12-9-23-26(31)21(16-32-10-2-11-32)15-24(29-23)18-5-7-22-17(13-18)3-4-19(27(22)34)14-20-6-8-25(33)30-28(20)35/h4-5,7,9,12-13,15,20H,2-3,6,8,10-11,14,16H2,1H3,(H,30,33,35). The summed E-state index contributed by atoms with van der Waals surface area (Å²) in [5.41, 5.74) is 7.72. The van der Waals surface area contributed by atoms with Gasteiger partial charge in [-0.25, -0.2) is 4.98 Å². The molecule has 6 rings (SSSR count). The van der Waals surface area contributed by atoms with Crippen LogP contribution in [0.5, 0.6) is 0 Å². The number of hydrogen-bond donors (Lipinski definition) is 1. The number of allylic oxidation sites excluding steroid dienone is 2. The summed E-state index contributed by atoms with van der Waals surface area (Å²) in [6, 6.07) is 10.2. The number of piperidine rings is 1. The number of ketones is 1. The first-order valence-electron chi connectivity index (χ1n) is 12.3. The zero-order chi connectivity index (χ0) is 24.1. The zero-order valence-electron chi connectivity index (χ0n) is 19.8. The molecule has 35 heavy (non-hydrogen) atoms. The molecule has 178 valence electrons. The summed E-state index contributed by atoms with van der Waals surface area (Å²) >= 11 is 0. The number of benzene rings is 1. The second-order valence-electron chi connectivity index (χ2n) is 9.94. The summed E-state index contributed by atoms with van der Waals surface area (Å²) in [5, 5.41) is 2.39. The van der Waals surface area contributed by atoms with Crippen molar-refractivity contribution in [3.63, 3.8) is 0 Å². The van der Waals surface area contributed by atoms with Crippen LogP contribution >= 0.6 is 0 Å². The van der Waals surface area contributed by atoms with Crippen molar-refractivity contribution in [2.24, 2.45) is 13.0 Å². The number of carbonyl (C=O) groups excluding carboxylic acids is 3. The Morgan fingerprint density at radius 2 is 1.97 bits per heavy atom. The maximum absolute atomic E-state index is 13.2. The largest absolute Gasteiger partial charge is 0.349 e. The number of rotatable bonds is 5. The number of fused-ring (bicyclic) bond motifs is 2. The Balaban J connectivity index is 1.28. The van der Waals surface area contributed by atoms with Gasteiger partial charge in [0.15, 0.2) is 5.78 Å². The van der Waals surface area contributed by atoms with E-state index in [1.54, 1.807) is 0 Å². The van der Waals surface area contributed by atoms with Gasteiger partial charge in [-0.15, -0.1) is 0 Å². The molecule has 1 aromatic carbocycles. The monoisotopic (exact) mass is 468 g/mol. The maximum Gasteiger partial charge on any atom is 0.230 e. The number of amides is 2. The number of likely N-dealkylation sites (tertiary alicyclic amines) is 1. The van der Waals surface area contributed by atoms with Crippen LogP contribution < -0.4 is 5.32 Å². The SMILES string of the molecule is Cn1ccc2nc(-c3ccc4c(c3)CC=C(CC3CCC(=O)NC3=O)C4=O)cc(CN3CCC3)c21. The summed E-state index contributed by atoms with van der Waals surface area (Å²) in [6.07, 6.45) is 7.11. The molecule has 0 bridgehead atoms. The minimum Gasteiger partial charge on any atom is -0.349 e. The third kappa shape index (κ3) is 4.00. The molecular formula is C28H28N4O3. The molecule has 2 aliphatic heterocycles. The molecular weight excluding hydrogens is 440 g/mol. The minimum absolute atomic E-state index is 0.0209. The number of carbonyl (C=O) groups is 3. The van der Waals surface area contributed by atoms with Crippen molar-refractivity contribution in [1.29, 1.82) is 0 Å². The van der Waals surface area contributed by atoms with E-state index in [9.17, 15) is 14.4 Å². The van der Waals surface area contributed by atoms with Crippen LogP contribution in [0.3, 0.4) is 0 Å². The highest BCUT2D eigenvalue weighted by Crippen LogP contribution is 2.32. The molecule has 2 aromatic heterocycles. The van der Waals surface area contributed by atoms with Gasteiger partial charge in [0.2, 0.25) is 11.8 Å². The lowest BCUT2D eigenvalue weighted by Gasteiger charge is -2.31. The van der Waals surface area contributed by atoms with E-state index in [2.05, 4.69) is 46.2 Å². The summed E-state index contributed by atoms with van der Waals surface area (Å²) in [7, 11) is 2.06. The zero-order valence-corrected chi connectivity index (χ0v) is 19.8. The summed E-state index contributed by atoms with van der Waals surface area (Å²) in [6.45, 7) is 3.19. The van der Waals surface area contributed by atoms with E-state index >= 15 is 0 Å². The summed E-state index contributed by atoms with van der Waals surface area (Å²) in [4.78, 5) is 44.2. The number of Topliss-reactive ketones (excluding diaryl/α,β-unsaturated/α-hetero) is 1. The van der Waals surface area contributed by atoms with Gasteiger partial charge in [-0.1, -0.05) is 18.2 Å². The Labute approximate surface area is 203 Å². The van der Waals surface area contributed by atoms with Crippen LogP contribution in [0.25, 0.3) is 22.3 Å². The van der Waals surface area contributed by atoms with E-state index in [0.29, 0.717) is 36.8 Å². The quantitative estimate of drug-likeness (QED) is 0.579. The van der Waals surface area contributed by atoms with Gasteiger partial charge in [-0.05, 0) is 73.7 Å². The molecule has 3 aromatic rings. The molecule has 1 N–H and O–H groups in total. The Morgan fingerprint density at radius 1 is 1.11 bits per heavy atom. The van der Waals surface area contributed by atoms with Gasteiger partial charge in [0.1, 0.15) is 0 Å². The number of nitrogens with one attached hydrogen (secondary N) is 1. The fourth-order valence-corrected chi connectivity index (χ4v) is 5.46. The van der Waals surface area contributed by atoms with Gasteiger partial charge in [0.05, 0.1) is 16.7 Å². The summed E-state index contributed by atoms with van der Waals surface area (Å²) < 4.78 is 2.14. The van der Waals surface area contributed by atoms with Gasteiger partial charge in [-0.2, -0.15) is 0 Å². The highest BCUT2D eigenvalue weighted by Gasteiger charge is 2.30.